The molecule has 36 heavy (non-hydrogen) atoms. The first kappa shape index (κ1) is 24.0. The van der Waals surface area contributed by atoms with E-state index < -0.39 is 5.82 Å². The van der Waals surface area contributed by atoms with Crippen LogP contribution in [0, 0.1) is 18.7 Å². The zero-order valence-corrected chi connectivity index (χ0v) is 20.8. The second kappa shape index (κ2) is 10.1. The third-order valence-electron chi connectivity index (χ3n) is 6.49. The molecule has 1 fully saturated rings. The lowest BCUT2D eigenvalue weighted by Gasteiger charge is -2.33. The number of rotatable bonds is 6. The number of anilines is 1. The van der Waals surface area contributed by atoms with Gasteiger partial charge in [0.1, 0.15) is 11.4 Å². The number of nitrogens with one attached hydrogen (secondary N) is 2. The number of likely N-dealkylation sites (tertiary alicyclic amines) is 1. The van der Waals surface area contributed by atoms with Crippen LogP contribution in [0.15, 0.2) is 42.9 Å². The number of halogens is 2. The fourth-order valence-electron chi connectivity index (χ4n) is 4.70. The van der Waals surface area contributed by atoms with Gasteiger partial charge in [-0.25, -0.2) is 19.3 Å². The van der Waals surface area contributed by atoms with Crippen molar-refractivity contribution in [1.82, 2.24) is 24.8 Å². The molecular weight excluding hydrogens is 483 g/mol. The highest BCUT2D eigenvalue weighted by atomic mass is 35.5. The van der Waals surface area contributed by atoms with Crippen LogP contribution in [-0.2, 0) is 0 Å². The Morgan fingerprint density at radius 2 is 2.19 bits per heavy atom. The molecule has 0 radical (unpaired) electrons. The fraction of sp³-hybridized carbons (Fsp3) is 0.308. The molecule has 1 aliphatic rings. The van der Waals surface area contributed by atoms with E-state index in [-0.39, 0.29) is 17.6 Å². The van der Waals surface area contributed by atoms with E-state index in [2.05, 4.69) is 25.3 Å². The first-order valence-electron chi connectivity index (χ1n) is 11.8. The maximum atomic E-state index is 14.6. The van der Waals surface area contributed by atoms with Crippen LogP contribution in [0.5, 0.6) is 5.75 Å². The number of aromatic amines is 1. The van der Waals surface area contributed by atoms with Gasteiger partial charge in [-0.1, -0.05) is 23.7 Å². The van der Waals surface area contributed by atoms with Crippen molar-refractivity contribution >= 4 is 34.4 Å². The van der Waals surface area contributed by atoms with E-state index >= 15 is 0 Å². The largest absolute Gasteiger partial charge is 0.496 e. The molecule has 0 aliphatic carbocycles. The topological polar surface area (TPSA) is 96.0 Å². The van der Waals surface area contributed by atoms with Gasteiger partial charge in [0.2, 0.25) is 0 Å². The summed E-state index contributed by atoms with van der Waals surface area (Å²) in [7, 11) is 1.58. The van der Waals surface area contributed by atoms with E-state index in [1.807, 2.05) is 24.0 Å². The van der Waals surface area contributed by atoms with E-state index in [0.29, 0.717) is 53.0 Å². The number of fused-ring (bicyclic) bond motifs is 1. The van der Waals surface area contributed by atoms with Crippen molar-refractivity contribution in [3.8, 4) is 17.1 Å². The Bertz CT molecular complexity index is 1430. The molecule has 8 nitrogen and oxygen atoms in total. The summed E-state index contributed by atoms with van der Waals surface area (Å²) in [5.41, 5.74) is 2.81. The molecular formula is C26H26ClFN6O2. The van der Waals surface area contributed by atoms with E-state index in [1.54, 1.807) is 31.6 Å². The van der Waals surface area contributed by atoms with Gasteiger partial charge in [0.05, 0.1) is 23.9 Å². The van der Waals surface area contributed by atoms with Crippen molar-refractivity contribution in [1.29, 1.82) is 0 Å². The van der Waals surface area contributed by atoms with Gasteiger partial charge in [0, 0.05) is 43.0 Å². The third-order valence-corrected chi connectivity index (χ3v) is 6.70. The molecule has 4 heterocycles. The van der Waals surface area contributed by atoms with E-state index in [1.165, 1.54) is 0 Å². The zero-order chi connectivity index (χ0) is 25.2. The van der Waals surface area contributed by atoms with Gasteiger partial charge in [-0.2, -0.15) is 0 Å². The summed E-state index contributed by atoms with van der Waals surface area (Å²) in [6.45, 7) is 3.64. The minimum atomic E-state index is -0.539. The number of para-hydroxylation sites is 1. The van der Waals surface area contributed by atoms with Gasteiger partial charge in [-0.3, -0.25) is 4.79 Å². The Morgan fingerprint density at radius 3 is 3.03 bits per heavy atom. The molecule has 0 saturated carbocycles. The smallest absolute Gasteiger partial charge is 0.257 e. The number of pyridine rings is 1. The summed E-state index contributed by atoms with van der Waals surface area (Å²) in [5, 5.41) is 4.38. The number of methoxy groups -OCH3 is 1. The molecule has 2 N–H and O–H groups in total. The van der Waals surface area contributed by atoms with Gasteiger partial charge in [0.25, 0.3) is 5.91 Å². The maximum absolute atomic E-state index is 14.6. The SMILES string of the molecule is COc1c(C)cccc1C(=O)N1CCC[C@@H](CNc2nc(-c3c[nH]c4ncc(Cl)cc34)ncc2F)C1. The van der Waals surface area contributed by atoms with Crippen LogP contribution in [0.2, 0.25) is 5.02 Å². The fourth-order valence-corrected chi connectivity index (χ4v) is 4.86. The molecule has 186 valence electrons. The summed E-state index contributed by atoms with van der Waals surface area (Å²) in [6, 6.07) is 7.35. The van der Waals surface area contributed by atoms with Crippen molar-refractivity contribution in [2.75, 3.05) is 32.1 Å². The monoisotopic (exact) mass is 508 g/mol. The van der Waals surface area contributed by atoms with Crippen LogP contribution in [0.3, 0.4) is 0 Å². The number of aromatic nitrogens is 4. The lowest BCUT2D eigenvalue weighted by atomic mass is 9.97. The Morgan fingerprint density at radius 1 is 1.33 bits per heavy atom. The van der Waals surface area contributed by atoms with E-state index in [0.717, 1.165) is 30.0 Å². The zero-order valence-electron chi connectivity index (χ0n) is 20.0. The number of hydrogen-bond donors (Lipinski definition) is 2. The van der Waals surface area contributed by atoms with Crippen LogP contribution in [0.4, 0.5) is 10.2 Å². The first-order valence-corrected chi connectivity index (χ1v) is 12.1. The minimum absolute atomic E-state index is 0.0534. The normalized spacial score (nSPS) is 15.8. The lowest BCUT2D eigenvalue weighted by molar-refractivity contribution is 0.0676. The molecule has 1 aromatic carbocycles. The predicted molar refractivity (Wildman–Crippen MR) is 137 cm³/mol. The number of hydrogen-bond acceptors (Lipinski definition) is 6. The Kier molecular flexibility index (Phi) is 6.73. The maximum Gasteiger partial charge on any atom is 0.257 e. The van der Waals surface area contributed by atoms with Crippen molar-refractivity contribution in [2.24, 2.45) is 5.92 Å². The molecule has 1 amide bonds. The lowest BCUT2D eigenvalue weighted by Crippen LogP contribution is -2.42. The number of amides is 1. The molecule has 0 spiro atoms. The summed E-state index contributed by atoms with van der Waals surface area (Å²) >= 11 is 6.10. The minimum Gasteiger partial charge on any atom is -0.496 e. The van der Waals surface area contributed by atoms with E-state index in [9.17, 15) is 9.18 Å². The van der Waals surface area contributed by atoms with Crippen molar-refractivity contribution in [3.63, 3.8) is 0 Å². The number of ether oxygens (including phenoxy) is 1. The number of piperidine rings is 1. The molecule has 1 saturated heterocycles. The molecule has 1 aliphatic heterocycles. The first-order chi connectivity index (χ1) is 17.4. The second-order valence-electron chi connectivity index (χ2n) is 8.94. The molecule has 0 unspecified atom stereocenters. The predicted octanol–water partition coefficient (Wildman–Crippen LogP) is 5.09. The number of carbonyl (C=O) groups excluding carboxylic acids is 1. The van der Waals surface area contributed by atoms with Gasteiger partial charge in [0.15, 0.2) is 17.5 Å². The highest BCUT2D eigenvalue weighted by Gasteiger charge is 2.27. The number of carbonyl (C=O) groups is 1. The molecule has 4 aromatic rings. The molecule has 3 aromatic heterocycles. The quantitative estimate of drug-likeness (QED) is 0.376. The summed E-state index contributed by atoms with van der Waals surface area (Å²) in [5.74, 6) is 0.638. The number of H-pyrrole nitrogens is 1. The molecule has 5 rings (SSSR count). The van der Waals surface area contributed by atoms with Crippen LogP contribution in [0.25, 0.3) is 22.4 Å². The van der Waals surface area contributed by atoms with E-state index in [4.69, 9.17) is 16.3 Å². The van der Waals surface area contributed by atoms with Crippen LogP contribution in [-0.4, -0.2) is 57.5 Å². The summed E-state index contributed by atoms with van der Waals surface area (Å²) in [4.78, 5) is 31.0. The molecule has 1 atom stereocenters. The number of benzene rings is 1. The highest BCUT2D eigenvalue weighted by molar-refractivity contribution is 6.31. The van der Waals surface area contributed by atoms with Crippen LogP contribution in [0.1, 0.15) is 28.8 Å². The van der Waals surface area contributed by atoms with Crippen LogP contribution >= 0.6 is 11.6 Å². The van der Waals surface area contributed by atoms with Crippen LogP contribution < -0.4 is 10.1 Å². The highest BCUT2D eigenvalue weighted by Crippen LogP contribution is 2.29. The van der Waals surface area contributed by atoms with Gasteiger partial charge >= 0.3 is 0 Å². The van der Waals surface area contributed by atoms with Gasteiger partial charge < -0.3 is 19.9 Å². The Labute approximate surface area is 212 Å². The van der Waals surface area contributed by atoms with Crippen molar-refractivity contribution in [3.05, 3.63) is 64.8 Å². The van der Waals surface area contributed by atoms with Crippen molar-refractivity contribution < 1.29 is 13.9 Å². The van der Waals surface area contributed by atoms with Gasteiger partial charge in [-0.15, -0.1) is 0 Å². The summed E-state index contributed by atoms with van der Waals surface area (Å²) in [6.07, 6.45) is 6.23. The average Bonchev–Trinajstić information content (AvgIpc) is 3.31. The van der Waals surface area contributed by atoms with Crippen molar-refractivity contribution in [2.45, 2.75) is 19.8 Å². The Hall–Kier alpha value is -3.72. The summed E-state index contributed by atoms with van der Waals surface area (Å²) < 4.78 is 20.1. The number of nitrogens with zero attached hydrogens (tertiary/aromatic N) is 4. The second-order valence-corrected chi connectivity index (χ2v) is 9.37. The third kappa shape index (κ3) is 4.70. The molecule has 0 bridgehead atoms. The number of aryl methyl sites for hydroxylation is 1. The Balaban J connectivity index is 1.30. The van der Waals surface area contributed by atoms with Gasteiger partial charge in [-0.05, 0) is 43.4 Å². The average molecular weight is 509 g/mol. The molecule has 10 heteroatoms. The standard InChI is InChI=1S/C26H26ClFN6O2/c1-15-5-3-7-18(22(15)36-2)26(35)34-8-4-6-16(14-34)10-29-25-21(28)13-32-24(33-25)20-12-31-23-19(20)9-17(27)11-30-23/h3,5,7,9,11-13,16H,4,6,8,10,14H2,1-2H3,(H,30,31)(H,29,32,33)/t16-/m0/s1.